The molecule has 2 aromatic carbocycles. The van der Waals surface area contributed by atoms with E-state index in [9.17, 15) is 4.79 Å². The van der Waals surface area contributed by atoms with Gasteiger partial charge in [-0.3, -0.25) is 9.36 Å². The Kier molecular flexibility index (Phi) is 8.10. The molecule has 1 heterocycles. The predicted molar refractivity (Wildman–Crippen MR) is 124 cm³/mol. The number of hydrogen-bond donors (Lipinski definition) is 1. The summed E-state index contributed by atoms with van der Waals surface area (Å²) < 4.78 is 8.33. The van der Waals surface area contributed by atoms with E-state index in [4.69, 9.17) is 4.74 Å². The fourth-order valence-electron chi connectivity index (χ4n) is 2.87. The molecule has 3 aromatic rings. The number of amides is 1. The fraction of sp³-hybridized carbons (Fsp3) is 0.227. The number of ether oxygens (including phenoxy) is 1. The molecule has 0 aliphatic carbocycles. The van der Waals surface area contributed by atoms with Crippen LogP contribution in [0.3, 0.4) is 0 Å². The van der Waals surface area contributed by atoms with Gasteiger partial charge in [-0.1, -0.05) is 64.1 Å². The summed E-state index contributed by atoms with van der Waals surface area (Å²) in [6.07, 6.45) is 2.20. The van der Waals surface area contributed by atoms with E-state index in [1.807, 2.05) is 59.2 Å². The van der Waals surface area contributed by atoms with Gasteiger partial charge in [0.1, 0.15) is 5.75 Å². The molecule has 8 heteroatoms. The van der Waals surface area contributed by atoms with Crippen LogP contribution in [0.5, 0.6) is 5.75 Å². The number of carbonyl (C=O) groups excluding carboxylic acids is 1. The van der Waals surface area contributed by atoms with E-state index in [1.54, 1.807) is 7.11 Å². The Morgan fingerprint density at radius 1 is 1.23 bits per heavy atom. The molecule has 0 unspecified atom stereocenters. The van der Waals surface area contributed by atoms with Gasteiger partial charge in [-0.2, -0.15) is 0 Å². The van der Waals surface area contributed by atoms with Crippen LogP contribution in [0.2, 0.25) is 0 Å². The van der Waals surface area contributed by atoms with Crippen LogP contribution in [0.15, 0.2) is 70.8 Å². The van der Waals surface area contributed by atoms with Gasteiger partial charge in [-0.15, -0.1) is 16.8 Å². The van der Waals surface area contributed by atoms with Crippen molar-refractivity contribution in [3.05, 3.63) is 71.2 Å². The van der Waals surface area contributed by atoms with Crippen molar-refractivity contribution in [2.45, 2.75) is 24.7 Å². The minimum absolute atomic E-state index is 0.0173. The lowest BCUT2D eigenvalue weighted by Crippen LogP contribution is -2.23. The first-order chi connectivity index (χ1) is 14.6. The van der Waals surface area contributed by atoms with E-state index in [2.05, 4.69) is 38.0 Å². The van der Waals surface area contributed by atoms with Crippen LogP contribution in [0.25, 0.3) is 11.4 Å². The zero-order chi connectivity index (χ0) is 21.3. The van der Waals surface area contributed by atoms with Crippen LogP contribution < -0.4 is 10.1 Å². The van der Waals surface area contributed by atoms with Gasteiger partial charge in [0.2, 0.25) is 5.91 Å². The third-order valence-electron chi connectivity index (χ3n) is 4.36. The van der Waals surface area contributed by atoms with Gasteiger partial charge in [0.25, 0.3) is 0 Å². The maximum Gasteiger partial charge on any atom is 0.221 e. The molecule has 0 fully saturated rings. The number of carbonyl (C=O) groups is 1. The molecule has 0 spiro atoms. The standard InChI is InChI=1S/C22H23BrN4O2S/c1-3-13-27-21(16-8-10-18(23)11-9-16)25-26-22(27)30-14-12-20(28)24-15-17-6-4-5-7-19(17)29-2/h3-11H,1,12-15H2,2H3,(H,24,28). The number of para-hydroxylation sites is 1. The van der Waals surface area contributed by atoms with Gasteiger partial charge in [0.05, 0.1) is 7.11 Å². The summed E-state index contributed by atoms with van der Waals surface area (Å²) in [4.78, 5) is 12.2. The number of aromatic nitrogens is 3. The third kappa shape index (κ3) is 5.73. The molecular weight excluding hydrogens is 464 g/mol. The Morgan fingerprint density at radius 2 is 2.00 bits per heavy atom. The lowest BCUT2D eigenvalue weighted by atomic mass is 10.2. The van der Waals surface area contributed by atoms with E-state index < -0.39 is 0 Å². The normalized spacial score (nSPS) is 10.6. The summed E-state index contributed by atoms with van der Waals surface area (Å²) >= 11 is 4.96. The Labute approximate surface area is 188 Å². The number of methoxy groups -OCH3 is 1. The summed E-state index contributed by atoms with van der Waals surface area (Å²) in [6.45, 7) is 4.87. The molecule has 0 aliphatic rings. The van der Waals surface area contributed by atoms with Gasteiger partial charge in [0, 0.05) is 40.9 Å². The number of hydrogen-bond acceptors (Lipinski definition) is 5. The van der Waals surface area contributed by atoms with E-state index >= 15 is 0 Å². The molecule has 0 atom stereocenters. The molecule has 1 aromatic heterocycles. The van der Waals surface area contributed by atoms with Crippen molar-refractivity contribution in [2.75, 3.05) is 12.9 Å². The monoisotopic (exact) mass is 486 g/mol. The van der Waals surface area contributed by atoms with Crippen LogP contribution in [0, 0.1) is 0 Å². The number of halogens is 1. The quantitative estimate of drug-likeness (QED) is 0.332. The highest BCUT2D eigenvalue weighted by Crippen LogP contribution is 2.25. The van der Waals surface area contributed by atoms with Crippen molar-refractivity contribution in [2.24, 2.45) is 0 Å². The molecule has 1 amide bonds. The summed E-state index contributed by atoms with van der Waals surface area (Å²) in [6, 6.07) is 15.6. The number of allylic oxidation sites excluding steroid dienone is 1. The maximum absolute atomic E-state index is 12.2. The lowest BCUT2D eigenvalue weighted by molar-refractivity contribution is -0.120. The zero-order valence-electron chi connectivity index (χ0n) is 16.7. The van der Waals surface area contributed by atoms with Crippen LogP contribution in [-0.4, -0.2) is 33.5 Å². The van der Waals surface area contributed by atoms with Crippen molar-refractivity contribution in [3.8, 4) is 17.1 Å². The molecule has 0 radical (unpaired) electrons. The van der Waals surface area contributed by atoms with Crippen molar-refractivity contribution < 1.29 is 9.53 Å². The number of benzene rings is 2. The largest absolute Gasteiger partial charge is 0.496 e. The Bertz CT molecular complexity index is 1000. The molecule has 0 aliphatic heterocycles. The average molecular weight is 487 g/mol. The predicted octanol–water partition coefficient (Wildman–Crippen LogP) is 4.70. The molecule has 0 saturated heterocycles. The van der Waals surface area contributed by atoms with Crippen molar-refractivity contribution in [1.82, 2.24) is 20.1 Å². The molecule has 1 N–H and O–H groups in total. The highest BCUT2D eigenvalue weighted by Gasteiger charge is 2.14. The minimum Gasteiger partial charge on any atom is -0.496 e. The second-order valence-electron chi connectivity index (χ2n) is 6.40. The highest BCUT2D eigenvalue weighted by molar-refractivity contribution is 9.10. The van der Waals surface area contributed by atoms with E-state index in [0.29, 0.717) is 25.3 Å². The number of nitrogens with zero attached hydrogens (tertiary/aromatic N) is 3. The SMILES string of the molecule is C=CCn1c(SCCC(=O)NCc2ccccc2OC)nnc1-c1ccc(Br)cc1. The summed E-state index contributed by atoms with van der Waals surface area (Å²) in [5, 5.41) is 12.4. The molecular formula is C22H23BrN4O2S. The molecule has 0 bridgehead atoms. The zero-order valence-corrected chi connectivity index (χ0v) is 19.1. The average Bonchev–Trinajstić information content (AvgIpc) is 3.16. The Morgan fingerprint density at radius 3 is 2.73 bits per heavy atom. The van der Waals surface area contributed by atoms with Gasteiger partial charge in [-0.25, -0.2) is 0 Å². The van der Waals surface area contributed by atoms with Crippen LogP contribution in [-0.2, 0) is 17.9 Å². The van der Waals surface area contributed by atoms with E-state index in [0.717, 1.165) is 32.3 Å². The first-order valence-electron chi connectivity index (χ1n) is 9.43. The first kappa shape index (κ1) is 22.1. The third-order valence-corrected chi connectivity index (χ3v) is 5.86. The maximum atomic E-state index is 12.2. The molecule has 3 rings (SSSR count). The highest BCUT2D eigenvalue weighted by atomic mass is 79.9. The Balaban J connectivity index is 1.57. The number of thioether (sulfide) groups is 1. The fourth-order valence-corrected chi connectivity index (χ4v) is 4.02. The molecule has 30 heavy (non-hydrogen) atoms. The van der Waals surface area contributed by atoms with Crippen LogP contribution >= 0.6 is 27.7 Å². The Hall–Kier alpha value is -2.58. The van der Waals surface area contributed by atoms with Crippen LogP contribution in [0.4, 0.5) is 0 Å². The van der Waals surface area contributed by atoms with E-state index in [1.165, 1.54) is 11.8 Å². The van der Waals surface area contributed by atoms with Gasteiger partial charge in [0.15, 0.2) is 11.0 Å². The second-order valence-corrected chi connectivity index (χ2v) is 8.38. The minimum atomic E-state index is -0.0173. The summed E-state index contributed by atoms with van der Waals surface area (Å²) in [5.41, 5.74) is 1.93. The lowest BCUT2D eigenvalue weighted by Gasteiger charge is -2.10. The van der Waals surface area contributed by atoms with Gasteiger partial charge < -0.3 is 10.1 Å². The van der Waals surface area contributed by atoms with Crippen molar-refractivity contribution in [3.63, 3.8) is 0 Å². The number of rotatable bonds is 10. The van der Waals surface area contributed by atoms with Crippen molar-refractivity contribution in [1.29, 1.82) is 0 Å². The summed E-state index contributed by atoms with van der Waals surface area (Å²) in [7, 11) is 1.62. The topological polar surface area (TPSA) is 69.0 Å². The molecule has 6 nitrogen and oxygen atoms in total. The van der Waals surface area contributed by atoms with Gasteiger partial charge >= 0.3 is 0 Å². The van der Waals surface area contributed by atoms with Crippen LogP contribution in [0.1, 0.15) is 12.0 Å². The van der Waals surface area contributed by atoms with E-state index in [-0.39, 0.29) is 5.91 Å². The van der Waals surface area contributed by atoms with Gasteiger partial charge in [-0.05, 0) is 18.2 Å². The molecule has 156 valence electrons. The second kappa shape index (κ2) is 11.0. The first-order valence-corrected chi connectivity index (χ1v) is 11.2. The number of nitrogens with one attached hydrogen (secondary N) is 1. The summed E-state index contributed by atoms with van der Waals surface area (Å²) in [5.74, 6) is 2.14. The molecule has 0 saturated carbocycles. The smallest absolute Gasteiger partial charge is 0.221 e. The van der Waals surface area contributed by atoms with Crippen molar-refractivity contribution >= 4 is 33.6 Å².